The Morgan fingerprint density at radius 1 is 1.35 bits per heavy atom. The lowest BCUT2D eigenvalue weighted by Crippen LogP contribution is -2.38. The van der Waals surface area contributed by atoms with Crippen LogP contribution >= 0.6 is 11.8 Å². The van der Waals surface area contributed by atoms with E-state index in [2.05, 4.69) is 27.0 Å². The van der Waals surface area contributed by atoms with Gasteiger partial charge in [0.15, 0.2) is 5.16 Å². The van der Waals surface area contributed by atoms with Crippen LogP contribution in [0.5, 0.6) is 0 Å². The zero-order valence-corrected chi connectivity index (χ0v) is 15.6. The molecule has 0 bridgehead atoms. The van der Waals surface area contributed by atoms with Gasteiger partial charge in [0.25, 0.3) is 0 Å². The second-order valence-corrected chi connectivity index (χ2v) is 7.15. The van der Waals surface area contributed by atoms with Crippen LogP contribution in [0.15, 0.2) is 48.1 Å². The Morgan fingerprint density at radius 3 is 2.77 bits per heavy atom. The molecule has 1 unspecified atom stereocenters. The summed E-state index contributed by atoms with van der Waals surface area (Å²) in [5.74, 6) is 0.728. The van der Waals surface area contributed by atoms with Crippen LogP contribution in [0.25, 0.3) is 5.69 Å². The maximum atomic E-state index is 12.2. The molecule has 1 aliphatic rings. The minimum Gasteiger partial charge on any atom is -0.378 e. The summed E-state index contributed by atoms with van der Waals surface area (Å²) >= 11 is 1.39. The van der Waals surface area contributed by atoms with Gasteiger partial charge in [-0.2, -0.15) is 0 Å². The van der Waals surface area contributed by atoms with E-state index in [0.717, 1.165) is 24.7 Å². The number of para-hydroxylation sites is 1. The van der Waals surface area contributed by atoms with Gasteiger partial charge in [-0.25, -0.2) is 0 Å². The summed E-state index contributed by atoms with van der Waals surface area (Å²) in [6.45, 7) is 8.82. The quantitative estimate of drug-likeness (QED) is 0.590. The highest BCUT2D eigenvalue weighted by Gasteiger charge is 2.24. The first-order valence-corrected chi connectivity index (χ1v) is 9.47. The predicted octanol–water partition coefficient (Wildman–Crippen LogP) is 1.89. The Morgan fingerprint density at radius 2 is 2.08 bits per heavy atom. The van der Waals surface area contributed by atoms with Crippen molar-refractivity contribution < 1.29 is 9.53 Å². The molecule has 0 aliphatic carbocycles. The Bertz CT molecular complexity index is 743. The summed E-state index contributed by atoms with van der Waals surface area (Å²) in [6, 6.07) is 9.96. The Labute approximate surface area is 157 Å². The average Bonchev–Trinajstić information content (AvgIpc) is 3.10. The number of thioether (sulfide) groups is 1. The molecule has 1 aliphatic heterocycles. The van der Waals surface area contributed by atoms with E-state index >= 15 is 0 Å². The standard InChI is InChI=1S/C18H23N5O2S/c1-3-9-19-16(24)14(2)26-18-21-20-17(22-10-12-25-13-11-22)23(18)15-7-5-4-6-8-15/h3-8,14H,1,9-13H2,2H3,(H,19,24). The predicted molar refractivity (Wildman–Crippen MR) is 103 cm³/mol. The van der Waals surface area contributed by atoms with E-state index in [1.54, 1.807) is 6.08 Å². The van der Waals surface area contributed by atoms with Gasteiger partial charge in [0, 0.05) is 19.6 Å². The van der Waals surface area contributed by atoms with Gasteiger partial charge in [0.05, 0.1) is 24.2 Å². The summed E-state index contributed by atoms with van der Waals surface area (Å²) < 4.78 is 7.45. The number of aromatic nitrogens is 3. The van der Waals surface area contributed by atoms with E-state index < -0.39 is 0 Å². The summed E-state index contributed by atoms with van der Waals surface area (Å²) in [6.07, 6.45) is 1.66. The smallest absolute Gasteiger partial charge is 0.233 e. The molecule has 1 atom stereocenters. The van der Waals surface area contributed by atoms with Gasteiger partial charge in [-0.3, -0.25) is 9.36 Å². The number of ether oxygens (including phenoxy) is 1. The van der Waals surface area contributed by atoms with Gasteiger partial charge in [-0.1, -0.05) is 36.0 Å². The van der Waals surface area contributed by atoms with Crippen LogP contribution in [0.2, 0.25) is 0 Å². The molecule has 1 aromatic carbocycles. The highest BCUT2D eigenvalue weighted by Crippen LogP contribution is 2.29. The van der Waals surface area contributed by atoms with Crippen molar-refractivity contribution in [3.63, 3.8) is 0 Å². The number of amides is 1. The number of carbonyl (C=O) groups excluding carboxylic acids is 1. The molecule has 2 heterocycles. The molecule has 1 saturated heterocycles. The summed E-state index contributed by atoms with van der Waals surface area (Å²) in [5.41, 5.74) is 0.972. The van der Waals surface area contributed by atoms with Gasteiger partial charge >= 0.3 is 0 Å². The molecule has 1 aromatic heterocycles. The van der Waals surface area contributed by atoms with E-state index in [1.807, 2.05) is 41.8 Å². The molecule has 0 spiro atoms. The maximum absolute atomic E-state index is 12.2. The number of rotatable bonds is 7. The van der Waals surface area contributed by atoms with Crippen molar-refractivity contribution in [3.8, 4) is 5.69 Å². The Kier molecular flexibility index (Phi) is 6.30. The molecule has 1 N–H and O–H groups in total. The largest absolute Gasteiger partial charge is 0.378 e. The molecular weight excluding hydrogens is 350 g/mol. The number of benzene rings is 1. The van der Waals surface area contributed by atoms with Crippen molar-refractivity contribution in [3.05, 3.63) is 43.0 Å². The number of hydrogen-bond donors (Lipinski definition) is 1. The van der Waals surface area contributed by atoms with Gasteiger partial charge in [-0.15, -0.1) is 16.8 Å². The van der Waals surface area contributed by atoms with Crippen LogP contribution in [0.1, 0.15) is 6.92 Å². The third-order valence-electron chi connectivity index (χ3n) is 4.00. The van der Waals surface area contributed by atoms with E-state index in [-0.39, 0.29) is 11.2 Å². The summed E-state index contributed by atoms with van der Waals surface area (Å²) in [7, 11) is 0. The second-order valence-electron chi connectivity index (χ2n) is 5.85. The van der Waals surface area contributed by atoms with E-state index in [9.17, 15) is 4.79 Å². The van der Waals surface area contributed by atoms with Gasteiger partial charge < -0.3 is 15.0 Å². The van der Waals surface area contributed by atoms with Crippen LogP contribution in [-0.4, -0.2) is 58.8 Å². The first-order chi connectivity index (χ1) is 12.7. The number of nitrogens with one attached hydrogen (secondary N) is 1. The van der Waals surface area contributed by atoms with Crippen molar-refractivity contribution in [2.24, 2.45) is 0 Å². The van der Waals surface area contributed by atoms with Gasteiger partial charge in [0.1, 0.15) is 0 Å². The minimum atomic E-state index is -0.292. The first kappa shape index (κ1) is 18.5. The molecule has 3 rings (SSSR count). The number of morpholine rings is 1. The van der Waals surface area contributed by atoms with Crippen molar-refractivity contribution >= 4 is 23.6 Å². The normalized spacial score (nSPS) is 15.5. The van der Waals surface area contributed by atoms with E-state index in [1.165, 1.54) is 11.8 Å². The Balaban J connectivity index is 1.88. The fourth-order valence-corrected chi connectivity index (χ4v) is 3.52. The summed E-state index contributed by atoms with van der Waals surface area (Å²) in [5, 5.41) is 12.0. The molecule has 26 heavy (non-hydrogen) atoms. The van der Waals surface area contributed by atoms with Gasteiger partial charge in [-0.05, 0) is 19.1 Å². The molecule has 1 fully saturated rings. The van der Waals surface area contributed by atoms with Crippen LogP contribution in [0.3, 0.4) is 0 Å². The van der Waals surface area contributed by atoms with Crippen molar-refractivity contribution in [1.82, 2.24) is 20.1 Å². The number of carbonyl (C=O) groups is 1. The highest BCUT2D eigenvalue weighted by atomic mass is 32.2. The van der Waals surface area contributed by atoms with Crippen LogP contribution in [0.4, 0.5) is 5.95 Å². The summed E-state index contributed by atoms with van der Waals surface area (Å²) in [4.78, 5) is 14.4. The zero-order valence-electron chi connectivity index (χ0n) is 14.8. The zero-order chi connectivity index (χ0) is 18.4. The van der Waals surface area contributed by atoms with E-state index in [4.69, 9.17) is 4.74 Å². The maximum Gasteiger partial charge on any atom is 0.233 e. The molecule has 7 nitrogen and oxygen atoms in total. The lowest BCUT2D eigenvalue weighted by Gasteiger charge is -2.28. The molecule has 1 amide bonds. The molecule has 2 aromatic rings. The SMILES string of the molecule is C=CCNC(=O)C(C)Sc1nnc(N2CCOCC2)n1-c1ccccc1. The number of hydrogen-bond acceptors (Lipinski definition) is 6. The highest BCUT2D eigenvalue weighted by molar-refractivity contribution is 8.00. The van der Waals surface area contributed by atoms with Gasteiger partial charge in [0.2, 0.25) is 11.9 Å². The number of nitrogens with zero attached hydrogens (tertiary/aromatic N) is 4. The van der Waals surface area contributed by atoms with Crippen molar-refractivity contribution in [2.45, 2.75) is 17.3 Å². The monoisotopic (exact) mass is 373 g/mol. The Hall–Kier alpha value is -2.32. The molecule has 8 heteroatoms. The number of anilines is 1. The first-order valence-electron chi connectivity index (χ1n) is 8.59. The third-order valence-corrected chi connectivity index (χ3v) is 5.04. The molecule has 138 valence electrons. The van der Waals surface area contributed by atoms with E-state index in [0.29, 0.717) is 24.9 Å². The average molecular weight is 373 g/mol. The lowest BCUT2D eigenvalue weighted by molar-refractivity contribution is -0.120. The topological polar surface area (TPSA) is 72.3 Å². The third kappa shape index (κ3) is 4.25. The molecular formula is C18H23N5O2S. The fourth-order valence-electron chi connectivity index (χ4n) is 2.64. The van der Waals surface area contributed by atoms with Crippen molar-refractivity contribution in [1.29, 1.82) is 0 Å². The molecule has 0 radical (unpaired) electrons. The lowest BCUT2D eigenvalue weighted by atomic mass is 10.3. The molecule has 0 saturated carbocycles. The van der Waals surface area contributed by atoms with Crippen molar-refractivity contribution in [2.75, 3.05) is 37.7 Å². The minimum absolute atomic E-state index is 0.0505. The second kappa shape index (κ2) is 8.86. The van der Waals surface area contributed by atoms with Crippen LogP contribution < -0.4 is 10.2 Å². The van der Waals surface area contributed by atoms with Crippen LogP contribution in [0, 0.1) is 0 Å². The van der Waals surface area contributed by atoms with Crippen LogP contribution in [-0.2, 0) is 9.53 Å². The fraction of sp³-hybridized carbons (Fsp3) is 0.389.